The average Bonchev–Trinajstić information content (AvgIpc) is 2.87. The van der Waals surface area contributed by atoms with Crippen molar-refractivity contribution in [3.05, 3.63) is 35.5 Å². The van der Waals surface area contributed by atoms with Gasteiger partial charge in [-0.2, -0.15) is 0 Å². The first kappa shape index (κ1) is 16.8. The normalized spacial score (nSPS) is 11.2. The molecule has 0 saturated carbocycles. The Labute approximate surface area is 137 Å². The zero-order chi connectivity index (χ0) is 13.7. The highest BCUT2D eigenvalue weighted by molar-refractivity contribution is 14.0. The van der Waals surface area contributed by atoms with Gasteiger partial charge >= 0.3 is 0 Å². The van der Waals surface area contributed by atoms with Crippen LogP contribution in [0.15, 0.2) is 29.4 Å². The number of halogens is 1. The number of hydrogen-bond acceptors (Lipinski definition) is 1. The van der Waals surface area contributed by atoms with E-state index in [-0.39, 0.29) is 24.0 Å². The maximum absolute atomic E-state index is 4.10. The van der Waals surface area contributed by atoms with Gasteiger partial charge in [0.25, 0.3) is 0 Å². The Morgan fingerprint density at radius 2 is 2.10 bits per heavy atom. The molecule has 0 saturated heterocycles. The van der Waals surface area contributed by atoms with Crippen LogP contribution in [0.2, 0.25) is 0 Å². The average molecular weight is 386 g/mol. The molecule has 1 aromatic carbocycles. The van der Waals surface area contributed by atoms with E-state index >= 15 is 0 Å². The summed E-state index contributed by atoms with van der Waals surface area (Å²) in [5.41, 5.74) is 4.00. The minimum atomic E-state index is 0. The predicted octanol–water partition coefficient (Wildman–Crippen LogP) is 2.69. The number of aliphatic imine (C=N–C) groups is 1. The van der Waals surface area contributed by atoms with Crippen molar-refractivity contribution in [3.8, 4) is 0 Å². The summed E-state index contributed by atoms with van der Waals surface area (Å²) in [7, 11) is 3.65. The molecule has 110 valence electrons. The lowest BCUT2D eigenvalue weighted by atomic mass is 10.1. The molecule has 20 heavy (non-hydrogen) atoms. The molecule has 0 aliphatic rings. The highest BCUT2D eigenvalue weighted by atomic mass is 127. The summed E-state index contributed by atoms with van der Waals surface area (Å²) in [6, 6.07) is 6.51. The van der Waals surface area contributed by atoms with Crippen LogP contribution in [0, 0.1) is 0 Å². The molecule has 0 radical (unpaired) electrons. The molecule has 0 unspecified atom stereocenters. The minimum Gasteiger partial charge on any atom is -0.361 e. The highest BCUT2D eigenvalue weighted by Crippen LogP contribution is 2.22. The fourth-order valence-corrected chi connectivity index (χ4v) is 2.37. The van der Waals surface area contributed by atoms with E-state index in [9.17, 15) is 0 Å². The van der Waals surface area contributed by atoms with E-state index in [4.69, 9.17) is 0 Å². The van der Waals surface area contributed by atoms with Crippen molar-refractivity contribution in [2.75, 3.05) is 20.6 Å². The first-order valence-electron chi connectivity index (χ1n) is 6.76. The van der Waals surface area contributed by atoms with E-state index in [0.717, 1.165) is 25.3 Å². The standard InChI is InChI=1S/C15H22N4.HI/c1-4-11-6-5-7-13-12(10-19-14(11)13)8-9-18-15(16-2)17-3;/h5-7,10,19H,4,8-9H2,1-3H3,(H2,16,17,18);1H. The van der Waals surface area contributed by atoms with Crippen molar-refractivity contribution in [2.45, 2.75) is 19.8 Å². The number of nitrogens with zero attached hydrogens (tertiary/aromatic N) is 1. The van der Waals surface area contributed by atoms with Crippen molar-refractivity contribution < 1.29 is 0 Å². The van der Waals surface area contributed by atoms with Crippen LogP contribution in [-0.4, -0.2) is 31.6 Å². The Bertz CT molecular complexity index is 574. The third kappa shape index (κ3) is 3.65. The van der Waals surface area contributed by atoms with Crippen LogP contribution in [0.4, 0.5) is 0 Å². The number of hydrogen-bond donors (Lipinski definition) is 3. The molecule has 2 rings (SSSR count). The van der Waals surface area contributed by atoms with Gasteiger partial charge in [-0.15, -0.1) is 24.0 Å². The molecule has 0 spiro atoms. The number of benzene rings is 1. The Morgan fingerprint density at radius 3 is 2.75 bits per heavy atom. The number of para-hydroxylation sites is 1. The fraction of sp³-hybridized carbons (Fsp3) is 0.400. The van der Waals surface area contributed by atoms with Crippen LogP contribution < -0.4 is 10.6 Å². The van der Waals surface area contributed by atoms with Crippen molar-refractivity contribution in [2.24, 2.45) is 4.99 Å². The second-order valence-electron chi connectivity index (χ2n) is 4.51. The third-order valence-electron chi connectivity index (χ3n) is 3.42. The summed E-state index contributed by atoms with van der Waals surface area (Å²) in [5.74, 6) is 0.828. The molecular formula is C15H23IN4. The van der Waals surface area contributed by atoms with Gasteiger partial charge in [-0.25, -0.2) is 0 Å². The number of fused-ring (bicyclic) bond motifs is 1. The maximum atomic E-state index is 4.10. The summed E-state index contributed by atoms with van der Waals surface area (Å²) in [6.07, 6.45) is 4.16. The van der Waals surface area contributed by atoms with Crippen LogP contribution in [0.1, 0.15) is 18.1 Å². The lowest BCUT2D eigenvalue weighted by molar-refractivity contribution is 0.837. The maximum Gasteiger partial charge on any atom is 0.190 e. The quantitative estimate of drug-likeness (QED) is 0.430. The van der Waals surface area contributed by atoms with Crippen molar-refractivity contribution >= 4 is 40.8 Å². The van der Waals surface area contributed by atoms with Gasteiger partial charge in [0.1, 0.15) is 0 Å². The van der Waals surface area contributed by atoms with Gasteiger partial charge in [-0.1, -0.05) is 25.1 Å². The number of H-pyrrole nitrogens is 1. The largest absolute Gasteiger partial charge is 0.361 e. The van der Waals surface area contributed by atoms with E-state index in [2.05, 4.69) is 51.9 Å². The van der Waals surface area contributed by atoms with Gasteiger partial charge in [-0.05, 0) is 24.0 Å². The highest BCUT2D eigenvalue weighted by Gasteiger charge is 2.06. The van der Waals surface area contributed by atoms with Gasteiger partial charge in [0.15, 0.2) is 5.96 Å². The summed E-state index contributed by atoms with van der Waals surface area (Å²) < 4.78 is 0. The lowest BCUT2D eigenvalue weighted by Gasteiger charge is -2.07. The zero-order valence-corrected chi connectivity index (χ0v) is 14.6. The molecule has 0 aliphatic carbocycles. The van der Waals surface area contributed by atoms with Crippen LogP contribution in [0.3, 0.4) is 0 Å². The third-order valence-corrected chi connectivity index (χ3v) is 3.42. The molecule has 5 heteroatoms. The van der Waals surface area contributed by atoms with Gasteiger partial charge < -0.3 is 15.6 Å². The van der Waals surface area contributed by atoms with Crippen molar-refractivity contribution in [1.82, 2.24) is 15.6 Å². The molecule has 0 amide bonds. The Balaban J connectivity index is 0.00000200. The summed E-state index contributed by atoms with van der Waals surface area (Å²) in [6.45, 7) is 3.06. The number of aromatic amines is 1. The van der Waals surface area contributed by atoms with E-state index in [1.165, 1.54) is 22.0 Å². The SMILES string of the molecule is CCc1cccc2c(CCNC(=NC)NC)c[nH]c12.I. The first-order chi connectivity index (χ1) is 9.30. The van der Waals surface area contributed by atoms with E-state index in [1.807, 2.05) is 7.05 Å². The number of aryl methyl sites for hydroxylation is 1. The smallest absolute Gasteiger partial charge is 0.190 e. The Hall–Kier alpha value is -1.24. The molecule has 0 bridgehead atoms. The van der Waals surface area contributed by atoms with E-state index in [1.54, 1.807) is 7.05 Å². The Morgan fingerprint density at radius 1 is 1.30 bits per heavy atom. The number of nitrogens with one attached hydrogen (secondary N) is 3. The first-order valence-corrected chi connectivity index (χ1v) is 6.76. The van der Waals surface area contributed by atoms with Crippen LogP contribution in [0.5, 0.6) is 0 Å². The number of guanidine groups is 1. The molecule has 0 atom stereocenters. The minimum absolute atomic E-state index is 0. The molecular weight excluding hydrogens is 363 g/mol. The molecule has 1 aromatic heterocycles. The van der Waals surface area contributed by atoms with Gasteiger partial charge in [0.2, 0.25) is 0 Å². The molecule has 3 N–H and O–H groups in total. The second kappa shape index (κ2) is 8.14. The van der Waals surface area contributed by atoms with Gasteiger partial charge in [0, 0.05) is 37.7 Å². The van der Waals surface area contributed by atoms with Crippen LogP contribution in [0.25, 0.3) is 10.9 Å². The lowest BCUT2D eigenvalue weighted by Crippen LogP contribution is -2.35. The number of rotatable bonds is 4. The zero-order valence-electron chi connectivity index (χ0n) is 12.3. The van der Waals surface area contributed by atoms with Crippen LogP contribution in [-0.2, 0) is 12.8 Å². The molecule has 1 heterocycles. The summed E-state index contributed by atoms with van der Waals surface area (Å²) in [4.78, 5) is 7.50. The Kier molecular flexibility index (Phi) is 6.84. The monoisotopic (exact) mass is 386 g/mol. The summed E-state index contributed by atoms with van der Waals surface area (Å²) in [5, 5.41) is 7.63. The van der Waals surface area contributed by atoms with Crippen molar-refractivity contribution in [1.29, 1.82) is 0 Å². The predicted molar refractivity (Wildman–Crippen MR) is 97.2 cm³/mol. The summed E-state index contributed by atoms with van der Waals surface area (Å²) >= 11 is 0. The number of aromatic nitrogens is 1. The van der Waals surface area contributed by atoms with Crippen LogP contribution >= 0.6 is 24.0 Å². The molecule has 0 aliphatic heterocycles. The topological polar surface area (TPSA) is 52.2 Å². The molecule has 4 nitrogen and oxygen atoms in total. The molecule has 2 aromatic rings. The second-order valence-corrected chi connectivity index (χ2v) is 4.51. The van der Waals surface area contributed by atoms with E-state index in [0.29, 0.717) is 0 Å². The molecule has 0 fully saturated rings. The van der Waals surface area contributed by atoms with Gasteiger partial charge in [0.05, 0.1) is 0 Å². The van der Waals surface area contributed by atoms with E-state index < -0.39 is 0 Å². The van der Waals surface area contributed by atoms with Gasteiger partial charge in [-0.3, -0.25) is 4.99 Å². The van der Waals surface area contributed by atoms with Crippen molar-refractivity contribution in [3.63, 3.8) is 0 Å². The fourth-order valence-electron chi connectivity index (χ4n) is 2.37.